The van der Waals surface area contributed by atoms with E-state index in [1.807, 2.05) is 19.9 Å². The molecule has 1 unspecified atom stereocenters. The van der Waals surface area contributed by atoms with E-state index in [1.165, 1.54) is 0 Å². The third-order valence-electron chi connectivity index (χ3n) is 3.16. The van der Waals surface area contributed by atoms with Crippen molar-refractivity contribution in [3.05, 3.63) is 29.8 Å². The minimum absolute atomic E-state index is 0.0132. The van der Waals surface area contributed by atoms with E-state index in [9.17, 15) is 9.59 Å². The summed E-state index contributed by atoms with van der Waals surface area (Å²) >= 11 is 0. The highest BCUT2D eigenvalue weighted by molar-refractivity contribution is 5.95. The zero-order valence-corrected chi connectivity index (χ0v) is 12.5. The molecule has 3 N–H and O–H groups in total. The van der Waals surface area contributed by atoms with Crippen LogP contribution in [0, 0.1) is 11.3 Å². The van der Waals surface area contributed by atoms with Gasteiger partial charge in [-0.2, -0.15) is 5.26 Å². The van der Waals surface area contributed by atoms with Gasteiger partial charge in [-0.3, -0.25) is 14.5 Å². The highest BCUT2D eigenvalue weighted by atomic mass is 16.2. The van der Waals surface area contributed by atoms with Gasteiger partial charge in [0.05, 0.1) is 24.2 Å². The van der Waals surface area contributed by atoms with Crippen LogP contribution in [0.2, 0.25) is 0 Å². The van der Waals surface area contributed by atoms with Crippen molar-refractivity contribution in [1.82, 2.24) is 4.90 Å². The molecule has 0 radical (unpaired) electrons. The SMILES string of the molecule is CC(C)N(CC(N)=O)C(C)C(=O)Nc1ccc(C#N)cc1. The zero-order chi connectivity index (χ0) is 16.0. The Morgan fingerprint density at radius 1 is 1.29 bits per heavy atom. The van der Waals surface area contributed by atoms with Crippen LogP contribution in [0.3, 0.4) is 0 Å². The van der Waals surface area contributed by atoms with Crippen molar-refractivity contribution >= 4 is 17.5 Å². The summed E-state index contributed by atoms with van der Waals surface area (Å²) < 4.78 is 0. The monoisotopic (exact) mass is 288 g/mol. The number of nitrogens with one attached hydrogen (secondary N) is 1. The number of amides is 2. The molecule has 6 heteroatoms. The number of carbonyl (C=O) groups excluding carboxylic acids is 2. The first-order chi connectivity index (χ1) is 9.85. The van der Waals surface area contributed by atoms with Crippen molar-refractivity contribution < 1.29 is 9.59 Å². The normalized spacial score (nSPS) is 12.0. The van der Waals surface area contributed by atoms with Crippen LogP contribution in [-0.4, -0.2) is 35.3 Å². The summed E-state index contributed by atoms with van der Waals surface area (Å²) in [5.41, 5.74) is 6.34. The number of rotatable bonds is 6. The fourth-order valence-corrected chi connectivity index (χ4v) is 1.97. The van der Waals surface area contributed by atoms with E-state index in [0.717, 1.165) is 0 Å². The van der Waals surface area contributed by atoms with Gasteiger partial charge >= 0.3 is 0 Å². The van der Waals surface area contributed by atoms with E-state index < -0.39 is 11.9 Å². The summed E-state index contributed by atoms with van der Waals surface area (Å²) in [7, 11) is 0. The summed E-state index contributed by atoms with van der Waals surface area (Å²) in [6.45, 7) is 5.55. The molecule has 21 heavy (non-hydrogen) atoms. The molecule has 1 rings (SSSR count). The number of primary amides is 1. The molecule has 0 saturated carbocycles. The fourth-order valence-electron chi connectivity index (χ4n) is 1.97. The Bertz CT molecular complexity index is 546. The lowest BCUT2D eigenvalue weighted by Gasteiger charge is -2.30. The van der Waals surface area contributed by atoms with E-state index in [4.69, 9.17) is 11.0 Å². The molecule has 0 aliphatic carbocycles. The average molecular weight is 288 g/mol. The number of carbonyl (C=O) groups is 2. The number of benzene rings is 1. The van der Waals surface area contributed by atoms with Gasteiger partial charge in [-0.05, 0) is 45.0 Å². The van der Waals surface area contributed by atoms with Crippen LogP contribution in [0.4, 0.5) is 5.69 Å². The number of hydrogen-bond donors (Lipinski definition) is 2. The smallest absolute Gasteiger partial charge is 0.241 e. The highest BCUT2D eigenvalue weighted by Crippen LogP contribution is 2.12. The van der Waals surface area contributed by atoms with Gasteiger partial charge in [-0.15, -0.1) is 0 Å². The molecular formula is C15H20N4O2. The van der Waals surface area contributed by atoms with Gasteiger partial charge in [0.15, 0.2) is 0 Å². The van der Waals surface area contributed by atoms with Gasteiger partial charge in [0, 0.05) is 11.7 Å². The van der Waals surface area contributed by atoms with Crippen LogP contribution in [0.1, 0.15) is 26.3 Å². The Labute approximate surface area is 124 Å². The molecule has 0 aliphatic heterocycles. The minimum Gasteiger partial charge on any atom is -0.369 e. The van der Waals surface area contributed by atoms with Gasteiger partial charge in [0.2, 0.25) is 11.8 Å². The van der Waals surface area contributed by atoms with E-state index in [2.05, 4.69) is 5.32 Å². The molecular weight excluding hydrogens is 268 g/mol. The Hall–Kier alpha value is -2.39. The van der Waals surface area contributed by atoms with Gasteiger partial charge in [0.25, 0.3) is 0 Å². The van der Waals surface area contributed by atoms with Crippen molar-refractivity contribution in [1.29, 1.82) is 5.26 Å². The van der Waals surface area contributed by atoms with Crippen LogP contribution in [0.15, 0.2) is 24.3 Å². The lowest BCUT2D eigenvalue weighted by atomic mass is 10.2. The summed E-state index contributed by atoms with van der Waals surface area (Å²) in [6, 6.07) is 8.12. The predicted octanol–water partition coefficient (Wildman–Crippen LogP) is 1.08. The second kappa shape index (κ2) is 7.41. The van der Waals surface area contributed by atoms with Crippen molar-refractivity contribution in [2.24, 2.45) is 5.73 Å². The van der Waals surface area contributed by atoms with Gasteiger partial charge in [-0.25, -0.2) is 0 Å². The first kappa shape index (κ1) is 16.7. The largest absolute Gasteiger partial charge is 0.369 e. The number of nitrogens with zero attached hydrogens (tertiary/aromatic N) is 2. The van der Waals surface area contributed by atoms with Crippen molar-refractivity contribution in [2.75, 3.05) is 11.9 Å². The fraction of sp³-hybridized carbons (Fsp3) is 0.400. The maximum atomic E-state index is 12.2. The highest BCUT2D eigenvalue weighted by Gasteiger charge is 2.24. The topological polar surface area (TPSA) is 99.2 Å². The first-order valence-corrected chi connectivity index (χ1v) is 6.70. The average Bonchev–Trinajstić information content (AvgIpc) is 2.44. The van der Waals surface area contributed by atoms with E-state index in [-0.39, 0.29) is 18.5 Å². The molecule has 0 heterocycles. The van der Waals surface area contributed by atoms with Crippen molar-refractivity contribution in [3.63, 3.8) is 0 Å². The van der Waals surface area contributed by atoms with Crippen molar-refractivity contribution in [3.8, 4) is 6.07 Å². The molecule has 0 aromatic heterocycles. The van der Waals surface area contributed by atoms with Gasteiger partial charge < -0.3 is 11.1 Å². The number of nitriles is 1. The third-order valence-corrected chi connectivity index (χ3v) is 3.16. The first-order valence-electron chi connectivity index (χ1n) is 6.70. The number of anilines is 1. The number of hydrogen-bond acceptors (Lipinski definition) is 4. The minimum atomic E-state index is -0.492. The maximum Gasteiger partial charge on any atom is 0.241 e. The summed E-state index contributed by atoms with van der Waals surface area (Å²) in [5, 5.41) is 11.5. The zero-order valence-electron chi connectivity index (χ0n) is 12.5. The Kier molecular flexibility index (Phi) is 5.88. The van der Waals surface area contributed by atoms with E-state index in [0.29, 0.717) is 11.3 Å². The van der Waals surface area contributed by atoms with E-state index >= 15 is 0 Å². The second-order valence-corrected chi connectivity index (χ2v) is 5.09. The molecule has 0 spiro atoms. The molecule has 112 valence electrons. The van der Waals surface area contributed by atoms with Gasteiger partial charge in [-0.1, -0.05) is 0 Å². The molecule has 0 saturated heterocycles. The Morgan fingerprint density at radius 2 is 1.86 bits per heavy atom. The van der Waals surface area contributed by atoms with Crippen LogP contribution < -0.4 is 11.1 Å². The molecule has 1 aromatic carbocycles. The molecule has 0 bridgehead atoms. The lowest BCUT2D eigenvalue weighted by molar-refractivity contribution is -0.124. The quantitative estimate of drug-likeness (QED) is 0.818. The lowest BCUT2D eigenvalue weighted by Crippen LogP contribution is -2.49. The molecule has 0 aliphatic rings. The Morgan fingerprint density at radius 3 is 2.29 bits per heavy atom. The van der Waals surface area contributed by atoms with Gasteiger partial charge in [0.1, 0.15) is 0 Å². The van der Waals surface area contributed by atoms with Crippen LogP contribution in [-0.2, 0) is 9.59 Å². The maximum absolute atomic E-state index is 12.2. The van der Waals surface area contributed by atoms with Crippen LogP contribution in [0.25, 0.3) is 0 Å². The second-order valence-electron chi connectivity index (χ2n) is 5.09. The summed E-state index contributed by atoms with van der Waals surface area (Å²) in [4.78, 5) is 25.0. The molecule has 6 nitrogen and oxygen atoms in total. The van der Waals surface area contributed by atoms with Crippen molar-refractivity contribution in [2.45, 2.75) is 32.9 Å². The standard InChI is InChI=1S/C15H20N4O2/c1-10(2)19(9-14(17)20)11(3)15(21)18-13-6-4-12(8-16)5-7-13/h4-7,10-11H,9H2,1-3H3,(H2,17,20)(H,18,21). The van der Waals surface area contributed by atoms with Crippen LogP contribution in [0.5, 0.6) is 0 Å². The Balaban J connectivity index is 2.76. The number of nitrogens with two attached hydrogens (primary N) is 1. The summed E-state index contributed by atoms with van der Waals surface area (Å²) in [5.74, 6) is -0.698. The van der Waals surface area contributed by atoms with E-state index in [1.54, 1.807) is 36.1 Å². The van der Waals surface area contributed by atoms with Crippen LogP contribution >= 0.6 is 0 Å². The molecule has 2 amide bonds. The third kappa shape index (κ3) is 4.89. The molecule has 1 atom stereocenters. The molecule has 0 fully saturated rings. The summed E-state index contributed by atoms with van der Waals surface area (Å²) in [6.07, 6.45) is 0. The molecule has 1 aromatic rings. The predicted molar refractivity (Wildman–Crippen MR) is 80.3 cm³/mol.